The molecular weight excluding hydrogens is 441 g/mol. The summed E-state index contributed by atoms with van der Waals surface area (Å²) in [5.41, 5.74) is 1.61. The van der Waals surface area contributed by atoms with Crippen LogP contribution in [-0.2, 0) is 6.54 Å². The van der Waals surface area contributed by atoms with Crippen LogP contribution in [0.3, 0.4) is 0 Å². The van der Waals surface area contributed by atoms with Crippen LogP contribution in [0.2, 0.25) is 0 Å². The second-order valence-electron chi connectivity index (χ2n) is 9.60. The molecule has 2 aromatic carbocycles. The van der Waals surface area contributed by atoms with Gasteiger partial charge in [-0.15, -0.1) is 6.58 Å². The minimum absolute atomic E-state index is 0.125. The summed E-state index contributed by atoms with van der Waals surface area (Å²) in [5.74, 6) is -2.54. The summed E-state index contributed by atoms with van der Waals surface area (Å²) in [4.78, 5) is 4.42. The number of nitrogens with zero attached hydrogens (tertiary/aromatic N) is 2. The van der Waals surface area contributed by atoms with Crippen molar-refractivity contribution in [1.29, 1.82) is 0 Å². The normalized spacial score (nSPS) is 27.0. The van der Waals surface area contributed by atoms with Gasteiger partial charge in [0.25, 0.3) is 0 Å². The fourth-order valence-corrected chi connectivity index (χ4v) is 6.15. The highest BCUT2D eigenvalue weighted by atomic mass is 19.2. The number of ether oxygens (including phenoxy) is 1. The minimum atomic E-state index is -1.45. The van der Waals surface area contributed by atoms with E-state index in [0.717, 1.165) is 41.9 Å². The molecule has 5 atom stereocenters. The van der Waals surface area contributed by atoms with Gasteiger partial charge < -0.3 is 14.3 Å². The zero-order valence-electron chi connectivity index (χ0n) is 19.1. The van der Waals surface area contributed by atoms with Crippen molar-refractivity contribution in [3.05, 3.63) is 83.8 Å². The molecule has 3 fully saturated rings. The molecule has 4 unspecified atom stereocenters. The van der Waals surface area contributed by atoms with E-state index in [1.54, 1.807) is 13.3 Å². The molecule has 3 aliphatic heterocycles. The Kier molecular flexibility index (Phi) is 5.86. The molecular formula is C27H28F3N2O2+. The molecule has 3 saturated heterocycles. The quantitative estimate of drug-likeness (QED) is 0.302. The number of rotatable bonds is 6. The molecule has 4 heterocycles. The summed E-state index contributed by atoms with van der Waals surface area (Å²) in [5, 5.41) is 12.6. The Hall–Kier alpha value is -2.90. The smallest absolute Gasteiger partial charge is 0.194 e. The van der Waals surface area contributed by atoms with E-state index >= 15 is 0 Å². The Bertz CT molecular complexity index is 1250. The summed E-state index contributed by atoms with van der Waals surface area (Å²) in [7, 11) is 1.59. The highest BCUT2D eigenvalue weighted by molar-refractivity contribution is 5.83. The lowest BCUT2D eigenvalue weighted by Gasteiger charge is -2.58. The highest BCUT2D eigenvalue weighted by Crippen LogP contribution is 2.48. The van der Waals surface area contributed by atoms with E-state index in [-0.39, 0.29) is 24.1 Å². The van der Waals surface area contributed by atoms with Gasteiger partial charge in [0.1, 0.15) is 24.4 Å². The Morgan fingerprint density at radius 1 is 1.21 bits per heavy atom. The lowest BCUT2D eigenvalue weighted by Crippen LogP contribution is -2.67. The highest BCUT2D eigenvalue weighted by Gasteiger charge is 2.54. The lowest BCUT2D eigenvalue weighted by molar-refractivity contribution is -0.985. The SMILES string of the molecule is C=CC1C[N+]2(Cc3ccc(F)c(F)c3F)CCC1CC2[C@H](O)c1ccnc2ccc(OC)cc12. The molecule has 0 saturated carbocycles. The molecule has 0 radical (unpaired) electrons. The van der Waals surface area contributed by atoms with E-state index in [1.165, 1.54) is 6.07 Å². The van der Waals surface area contributed by atoms with Gasteiger partial charge in [0.15, 0.2) is 17.5 Å². The van der Waals surface area contributed by atoms with Crippen LogP contribution in [0.15, 0.2) is 55.3 Å². The van der Waals surface area contributed by atoms with Crippen molar-refractivity contribution in [2.75, 3.05) is 20.2 Å². The molecule has 6 rings (SSSR count). The summed E-state index contributed by atoms with van der Waals surface area (Å²) >= 11 is 0. The molecule has 3 aliphatic rings. The molecule has 34 heavy (non-hydrogen) atoms. The number of halogens is 3. The first kappa shape index (κ1) is 22.9. The molecule has 1 aromatic heterocycles. The molecule has 3 aromatic rings. The maximum absolute atomic E-state index is 14.7. The summed E-state index contributed by atoms with van der Waals surface area (Å²) in [6.45, 7) is 5.56. The van der Waals surface area contributed by atoms with E-state index in [2.05, 4.69) is 11.6 Å². The molecule has 178 valence electrons. The van der Waals surface area contributed by atoms with Gasteiger partial charge in [-0.25, -0.2) is 13.2 Å². The number of pyridine rings is 1. The van der Waals surface area contributed by atoms with Crippen LogP contribution in [0.4, 0.5) is 13.2 Å². The fraction of sp³-hybridized carbons (Fsp3) is 0.370. The number of aliphatic hydroxyl groups excluding tert-OH is 1. The number of methoxy groups -OCH3 is 1. The van der Waals surface area contributed by atoms with Gasteiger partial charge in [0.05, 0.1) is 25.7 Å². The standard InChI is InChI=1S/C27H28F3N2O2/c1-3-16-14-32(15-18-4-6-22(28)26(30)25(18)29)11-9-17(16)12-24(32)27(33)20-8-10-31-23-7-5-19(34-2)13-21(20)23/h3-8,10,13,16-17,24,27,33H,1,9,11-12,14-15H2,2H3/q+1/t16?,17?,24?,27-,32?/m1/s1. The Morgan fingerprint density at radius 3 is 2.79 bits per heavy atom. The van der Waals surface area contributed by atoms with Crippen molar-refractivity contribution >= 4 is 10.9 Å². The largest absolute Gasteiger partial charge is 0.497 e. The molecule has 1 N–H and O–H groups in total. The van der Waals surface area contributed by atoms with Crippen LogP contribution in [0.1, 0.15) is 30.1 Å². The van der Waals surface area contributed by atoms with Gasteiger partial charge in [-0.05, 0) is 47.9 Å². The number of hydrogen-bond acceptors (Lipinski definition) is 3. The van der Waals surface area contributed by atoms with Gasteiger partial charge in [-0.1, -0.05) is 6.08 Å². The first-order valence-electron chi connectivity index (χ1n) is 11.6. The first-order valence-corrected chi connectivity index (χ1v) is 11.6. The van der Waals surface area contributed by atoms with E-state index < -0.39 is 23.6 Å². The number of aromatic nitrogens is 1. The third kappa shape index (κ3) is 3.67. The average Bonchev–Trinajstić information content (AvgIpc) is 2.88. The molecule has 0 amide bonds. The van der Waals surface area contributed by atoms with Crippen LogP contribution in [0.25, 0.3) is 10.9 Å². The van der Waals surface area contributed by atoms with Crippen LogP contribution in [0, 0.1) is 29.3 Å². The number of aliphatic hydroxyl groups is 1. The van der Waals surface area contributed by atoms with E-state index in [0.29, 0.717) is 22.7 Å². The Balaban J connectivity index is 1.58. The monoisotopic (exact) mass is 469 g/mol. The zero-order valence-corrected chi connectivity index (χ0v) is 19.1. The Labute approximate surface area is 196 Å². The van der Waals surface area contributed by atoms with Gasteiger partial charge >= 0.3 is 0 Å². The maximum Gasteiger partial charge on any atom is 0.194 e. The predicted octanol–water partition coefficient (Wildman–Crippen LogP) is 5.31. The van der Waals surface area contributed by atoms with E-state index in [1.807, 2.05) is 30.3 Å². The maximum atomic E-state index is 14.7. The molecule has 0 spiro atoms. The Morgan fingerprint density at radius 2 is 2.03 bits per heavy atom. The molecule has 7 heteroatoms. The zero-order chi connectivity index (χ0) is 24.0. The van der Waals surface area contributed by atoms with Crippen molar-refractivity contribution in [2.24, 2.45) is 11.8 Å². The van der Waals surface area contributed by atoms with Crippen LogP contribution < -0.4 is 4.74 Å². The molecule has 2 bridgehead atoms. The number of hydrogen-bond donors (Lipinski definition) is 1. The minimum Gasteiger partial charge on any atom is -0.497 e. The predicted molar refractivity (Wildman–Crippen MR) is 123 cm³/mol. The van der Waals surface area contributed by atoms with Crippen LogP contribution >= 0.6 is 0 Å². The van der Waals surface area contributed by atoms with E-state index in [4.69, 9.17) is 4.74 Å². The third-order valence-electron chi connectivity index (χ3n) is 7.94. The van der Waals surface area contributed by atoms with Crippen molar-refractivity contribution in [1.82, 2.24) is 4.98 Å². The number of quaternary nitrogens is 1. The second-order valence-corrected chi connectivity index (χ2v) is 9.60. The fourth-order valence-electron chi connectivity index (χ4n) is 6.15. The number of benzene rings is 2. The van der Waals surface area contributed by atoms with Crippen molar-refractivity contribution in [3.8, 4) is 5.75 Å². The molecule has 4 nitrogen and oxygen atoms in total. The van der Waals surface area contributed by atoms with Gasteiger partial charge in [-0.3, -0.25) is 4.98 Å². The number of fused-ring (bicyclic) bond motifs is 4. The topological polar surface area (TPSA) is 42.4 Å². The second kappa shape index (κ2) is 8.71. The van der Waals surface area contributed by atoms with E-state index in [9.17, 15) is 18.3 Å². The van der Waals surface area contributed by atoms with Crippen LogP contribution in [0.5, 0.6) is 5.75 Å². The van der Waals surface area contributed by atoms with Gasteiger partial charge in [0.2, 0.25) is 0 Å². The number of piperidine rings is 3. The summed E-state index contributed by atoms with van der Waals surface area (Å²) < 4.78 is 48.1. The summed E-state index contributed by atoms with van der Waals surface area (Å²) in [6, 6.07) is 9.42. The molecule has 0 aliphatic carbocycles. The van der Waals surface area contributed by atoms with Crippen molar-refractivity contribution < 1.29 is 27.5 Å². The lowest BCUT2D eigenvalue weighted by atomic mass is 9.71. The average molecular weight is 470 g/mol. The van der Waals surface area contributed by atoms with Crippen molar-refractivity contribution in [3.63, 3.8) is 0 Å². The van der Waals surface area contributed by atoms with Gasteiger partial charge in [0, 0.05) is 35.9 Å². The summed E-state index contributed by atoms with van der Waals surface area (Å²) in [6.07, 6.45) is 4.41. The first-order chi connectivity index (χ1) is 16.4. The van der Waals surface area contributed by atoms with Gasteiger partial charge in [-0.2, -0.15) is 0 Å². The van der Waals surface area contributed by atoms with Crippen molar-refractivity contribution in [2.45, 2.75) is 31.5 Å². The third-order valence-corrected chi connectivity index (χ3v) is 7.94. The van der Waals surface area contributed by atoms with Crippen LogP contribution in [-0.4, -0.2) is 40.8 Å².